The van der Waals surface area contributed by atoms with Crippen molar-refractivity contribution in [3.63, 3.8) is 0 Å². The molecule has 4 heteroatoms. The SMILES string of the molecule is CCCNc1cc(C)nc(CN(C)C(C)C2CC2)n1. The third kappa shape index (κ3) is 4.16. The average molecular weight is 262 g/mol. The van der Waals surface area contributed by atoms with Crippen LogP contribution < -0.4 is 5.32 Å². The summed E-state index contributed by atoms with van der Waals surface area (Å²) in [5.74, 6) is 2.76. The van der Waals surface area contributed by atoms with E-state index in [1.165, 1.54) is 12.8 Å². The molecule has 1 atom stereocenters. The van der Waals surface area contributed by atoms with Gasteiger partial charge in [0.05, 0.1) is 6.54 Å². The lowest BCUT2D eigenvalue weighted by atomic mass is 10.2. The second kappa shape index (κ2) is 6.33. The van der Waals surface area contributed by atoms with Crippen LogP contribution in [0.1, 0.15) is 44.6 Å². The molecule has 106 valence electrons. The van der Waals surface area contributed by atoms with Crippen LogP contribution in [0.2, 0.25) is 0 Å². The largest absolute Gasteiger partial charge is 0.370 e. The minimum Gasteiger partial charge on any atom is -0.370 e. The lowest BCUT2D eigenvalue weighted by Gasteiger charge is -2.24. The van der Waals surface area contributed by atoms with Crippen LogP contribution in [-0.2, 0) is 6.54 Å². The van der Waals surface area contributed by atoms with Gasteiger partial charge < -0.3 is 5.32 Å². The van der Waals surface area contributed by atoms with E-state index in [-0.39, 0.29) is 0 Å². The van der Waals surface area contributed by atoms with Crippen molar-refractivity contribution >= 4 is 5.82 Å². The molecule has 1 aliphatic carbocycles. The number of aryl methyl sites for hydroxylation is 1. The molecule has 1 N–H and O–H groups in total. The fraction of sp³-hybridized carbons (Fsp3) is 0.733. The topological polar surface area (TPSA) is 41.1 Å². The van der Waals surface area contributed by atoms with Crippen LogP contribution >= 0.6 is 0 Å². The van der Waals surface area contributed by atoms with Crippen LogP contribution in [0.4, 0.5) is 5.82 Å². The van der Waals surface area contributed by atoms with Crippen molar-refractivity contribution in [2.24, 2.45) is 5.92 Å². The molecule has 1 heterocycles. The highest BCUT2D eigenvalue weighted by molar-refractivity contribution is 5.35. The summed E-state index contributed by atoms with van der Waals surface area (Å²) in [5, 5.41) is 3.34. The molecule has 1 aromatic heterocycles. The average Bonchev–Trinajstić information content (AvgIpc) is 3.19. The number of hydrogen-bond acceptors (Lipinski definition) is 4. The number of anilines is 1. The lowest BCUT2D eigenvalue weighted by Crippen LogP contribution is -2.31. The van der Waals surface area contributed by atoms with Gasteiger partial charge in [-0.2, -0.15) is 0 Å². The first-order valence-electron chi connectivity index (χ1n) is 7.38. The summed E-state index contributed by atoms with van der Waals surface area (Å²) < 4.78 is 0. The maximum atomic E-state index is 4.61. The van der Waals surface area contributed by atoms with Gasteiger partial charge in [0.2, 0.25) is 0 Å². The van der Waals surface area contributed by atoms with Gasteiger partial charge in [-0.15, -0.1) is 0 Å². The van der Waals surface area contributed by atoms with E-state index in [9.17, 15) is 0 Å². The van der Waals surface area contributed by atoms with Gasteiger partial charge in [0.25, 0.3) is 0 Å². The Bertz CT molecular complexity index is 415. The van der Waals surface area contributed by atoms with E-state index in [0.29, 0.717) is 6.04 Å². The molecule has 0 aliphatic heterocycles. The summed E-state index contributed by atoms with van der Waals surface area (Å²) in [6.07, 6.45) is 3.87. The minimum absolute atomic E-state index is 0.635. The minimum atomic E-state index is 0.635. The fourth-order valence-corrected chi connectivity index (χ4v) is 2.35. The molecular weight excluding hydrogens is 236 g/mol. The molecule has 1 aliphatic rings. The van der Waals surface area contributed by atoms with Gasteiger partial charge in [-0.1, -0.05) is 6.92 Å². The second-order valence-electron chi connectivity index (χ2n) is 5.73. The van der Waals surface area contributed by atoms with Gasteiger partial charge in [-0.05, 0) is 46.1 Å². The van der Waals surface area contributed by atoms with Crippen molar-refractivity contribution in [1.29, 1.82) is 0 Å². The zero-order valence-corrected chi connectivity index (χ0v) is 12.6. The third-order valence-electron chi connectivity index (χ3n) is 3.85. The molecule has 0 bridgehead atoms. The predicted octanol–water partition coefficient (Wildman–Crippen LogP) is 2.84. The molecule has 0 aromatic carbocycles. The monoisotopic (exact) mass is 262 g/mol. The predicted molar refractivity (Wildman–Crippen MR) is 79.2 cm³/mol. The molecule has 0 radical (unpaired) electrons. The Morgan fingerprint density at radius 1 is 1.42 bits per heavy atom. The molecule has 4 nitrogen and oxygen atoms in total. The van der Waals surface area contributed by atoms with Crippen molar-refractivity contribution in [2.45, 2.75) is 52.6 Å². The van der Waals surface area contributed by atoms with Gasteiger partial charge in [-0.3, -0.25) is 4.90 Å². The van der Waals surface area contributed by atoms with Crippen LogP contribution in [0.5, 0.6) is 0 Å². The Morgan fingerprint density at radius 3 is 2.79 bits per heavy atom. The summed E-state index contributed by atoms with van der Waals surface area (Å²) in [6, 6.07) is 2.65. The maximum absolute atomic E-state index is 4.61. The summed E-state index contributed by atoms with van der Waals surface area (Å²) in [5.41, 5.74) is 1.04. The molecule has 1 unspecified atom stereocenters. The van der Waals surface area contributed by atoms with Gasteiger partial charge in [-0.25, -0.2) is 9.97 Å². The number of aromatic nitrogens is 2. The van der Waals surface area contributed by atoms with Crippen LogP contribution in [0.15, 0.2) is 6.07 Å². The van der Waals surface area contributed by atoms with Gasteiger partial charge >= 0.3 is 0 Å². The zero-order valence-electron chi connectivity index (χ0n) is 12.6. The van der Waals surface area contributed by atoms with E-state index in [4.69, 9.17) is 0 Å². The van der Waals surface area contributed by atoms with E-state index < -0.39 is 0 Å². The van der Waals surface area contributed by atoms with Crippen LogP contribution in [0, 0.1) is 12.8 Å². The van der Waals surface area contributed by atoms with E-state index in [0.717, 1.165) is 42.8 Å². The van der Waals surface area contributed by atoms with Crippen LogP contribution in [0.3, 0.4) is 0 Å². The molecule has 1 fully saturated rings. The van der Waals surface area contributed by atoms with Gasteiger partial charge in [0.15, 0.2) is 0 Å². The molecular formula is C15H26N4. The first-order chi connectivity index (χ1) is 9.10. The molecule has 0 spiro atoms. The fourth-order valence-electron chi connectivity index (χ4n) is 2.35. The standard InChI is InChI=1S/C15H26N4/c1-5-8-16-14-9-11(2)17-15(18-14)10-19(4)12(3)13-6-7-13/h9,12-13H,5-8,10H2,1-4H3,(H,16,17,18). The maximum Gasteiger partial charge on any atom is 0.144 e. The molecule has 0 saturated heterocycles. The number of nitrogens with zero attached hydrogens (tertiary/aromatic N) is 3. The highest BCUT2D eigenvalue weighted by Crippen LogP contribution is 2.34. The summed E-state index contributed by atoms with van der Waals surface area (Å²) in [6.45, 7) is 8.30. The number of rotatable bonds is 7. The Labute approximate surface area is 116 Å². The Morgan fingerprint density at radius 2 is 2.16 bits per heavy atom. The highest BCUT2D eigenvalue weighted by Gasteiger charge is 2.30. The van der Waals surface area contributed by atoms with Gasteiger partial charge in [0.1, 0.15) is 11.6 Å². The lowest BCUT2D eigenvalue weighted by molar-refractivity contribution is 0.221. The van der Waals surface area contributed by atoms with Crippen LogP contribution in [-0.4, -0.2) is 34.5 Å². The van der Waals surface area contributed by atoms with Crippen molar-refractivity contribution in [3.8, 4) is 0 Å². The smallest absolute Gasteiger partial charge is 0.144 e. The zero-order chi connectivity index (χ0) is 13.8. The van der Waals surface area contributed by atoms with Crippen molar-refractivity contribution < 1.29 is 0 Å². The molecule has 19 heavy (non-hydrogen) atoms. The summed E-state index contributed by atoms with van der Waals surface area (Å²) >= 11 is 0. The van der Waals surface area contributed by atoms with Crippen LogP contribution in [0.25, 0.3) is 0 Å². The van der Waals surface area contributed by atoms with E-state index in [1.54, 1.807) is 0 Å². The Kier molecular flexibility index (Phi) is 4.75. The van der Waals surface area contributed by atoms with Crippen molar-refractivity contribution in [3.05, 3.63) is 17.6 Å². The summed E-state index contributed by atoms with van der Waals surface area (Å²) in [7, 11) is 2.17. The first-order valence-corrected chi connectivity index (χ1v) is 7.38. The Hall–Kier alpha value is -1.16. The highest BCUT2D eigenvalue weighted by atomic mass is 15.2. The molecule has 1 saturated carbocycles. The van der Waals surface area contributed by atoms with E-state index in [2.05, 4.69) is 41.1 Å². The van der Waals surface area contributed by atoms with E-state index in [1.807, 2.05) is 13.0 Å². The van der Waals surface area contributed by atoms with Crippen molar-refractivity contribution in [1.82, 2.24) is 14.9 Å². The Balaban J connectivity index is 1.99. The van der Waals surface area contributed by atoms with E-state index >= 15 is 0 Å². The summed E-state index contributed by atoms with van der Waals surface area (Å²) in [4.78, 5) is 11.5. The second-order valence-corrected chi connectivity index (χ2v) is 5.73. The quantitative estimate of drug-likeness (QED) is 0.820. The number of nitrogens with one attached hydrogen (secondary N) is 1. The van der Waals surface area contributed by atoms with Crippen molar-refractivity contribution in [2.75, 3.05) is 18.9 Å². The number of hydrogen-bond donors (Lipinski definition) is 1. The first kappa shape index (κ1) is 14.3. The molecule has 1 aromatic rings. The van der Waals surface area contributed by atoms with Gasteiger partial charge in [0, 0.05) is 24.3 Å². The normalized spacial score (nSPS) is 16.7. The molecule has 2 rings (SSSR count). The molecule has 0 amide bonds. The third-order valence-corrected chi connectivity index (χ3v) is 3.85.